The van der Waals surface area contributed by atoms with Crippen molar-refractivity contribution in [3.05, 3.63) is 0 Å². The van der Waals surface area contributed by atoms with Crippen molar-refractivity contribution >= 4 is 15.9 Å². The summed E-state index contributed by atoms with van der Waals surface area (Å²) < 4.78 is 1.31. The third-order valence-corrected chi connectivity index (χ3v) is 4.53. The van der Waals surface area contributed by atoms with Gasteiger partial charge in [0.2, 0.25) is 0 Å². The predicted molar refractivity (Wildman–Crippen MR) is 78.0 cm³/mol. The zero-order valence-electron chi connectivity index (χ0n) is 12.0. The van der Waals surface area contributed by atoms with Crippen LogP contribution in [0.3, 0.4) is 0 Å². The van der Waals surface area contributed by atoms with E-state index in [1.54, 1.807) is 0 Å². The zero-order valence-corrected chi connectivity index (χ0v) is 15.2. The molecule has 0 aromatic heterocycles. The summed E-state index contributed by atoms with van der Waals surface area (Å²) in [6.07, 6.45) is 9.54. The first-order valence-corrected chi connectivity index (χ1v) is 8.27. The van der Waals surface area contributed by atoms with Gasteiger partial charge in [-0.2, -0.15) is 0 Å². The molecular weight excluding hydrogens is 342 g/mol. The molecule has 0 rings (SSSR count). The molecule has 17 heavy (non-hydrogen) atoms. The number of rotatable bonds is 11. The van der Waals surface area contributed by atoms with Crippen LogP contribution in [0.2, 0.25) is 0 Å². The van der Waals surface area contributed by atoms with E-state index in [-0.39, 0.29) is 17.0 Å². The quantitative estimate of drug-likeness (QED) is 0.225. The van der Waals surface area contributed by atoms with Crippen LogP contribution < -0.4 is 17.0 Å². The second kappa shape index (κ2) is 13.4. The van der Waals surface area contributed by atoms with Gasteiger partial charge in [0.05, 0.1) is 19.6 Å². The average molecular weight is 373 g/mol. The third kappa shape index (κ3) is 9.49. The summed E-state index contributed by atoms with van der Waals surface area (Å²) in [4.78, 5) is 0. The molecule has 0 atom stereocenters. The first kappa shape index (κ1) is 20.2. The fraction of sp³-hybridized carbons (Fsp3) is 1.00. The first-order valence-electron chi connectivity index (χ1n) is 7.15. The summed E-state index contributed by atoms with van der Waals surface area (Å²) in [5, 5.41) is 0. The van der Waals surface area contributed by atoms with Gasteiger partial charge in [0.15, 0.2) is 0 Å². The Morgan fingerprint density at radius 1 is 0.706 bits per heavy atom. The minimum absolute atomic E-state index is 0. The molecular formula is C14H31Br2N. The largest absolute Gasteiger partial charge is 1.00 e. The van der Waals surface area contributed by atoms with Crippen LogP contribution in [-0.2, 0) is 0 Å². The Morgan fingerprint density at radius 3 is 1.47 bits per heavy atom. The van der Waals surface area contributed by atoms with Crippen LogP contribution in [0.15, 0.2) is 0 Å². The molecule has 3 heteroatoms. The van der Waals surface area contributed by atoms with E-state index in [0.29, 0.717) is 0 Å². The summed E-state index contributed by atoms with van der Waals surface area (Å²) in [7, 11) is 0. The molecule has 0 aliphatic rings. The van der Waals surface area contributed by atoms with E-state index in [0.717, 1.165) is 5.45 Å². The van der Waals surface area contributed by atoms with E-state index in [1.165, 1.54) is 69.1 Å². The van der Waals surface area contributed by atoms with Crippen LogP contribution in [0.25, 0.3) is 0 Å². The van der Waals surface area contributed by atoms with Crippen molar-refractivity contribution in [1.82, 2.24) is 0 Å². The van der Waals surface area contributed by atoms with Gasteiger partial charge in [0.1, 0.15) is 5.45 Å². The summed E-state index contributed by atoms with van der Waals surface area (Å²) in [6.45, 7) is 11.0. The molecule has 0 aromatic carbocycles. The minimum Gasteiger partial charge on any atom is -1.00 e. The molecule has 0 radical (unpaired) electrons. The molecule has 1 nitrogen and oxygen atoms in total. The number of quaternary nitrogens is 1. The monoisotopic (exact) mass is 371 g/mol. The molecule has 106 valence electrons. The standard InChI is InChI=1S/C14H31BrN.BrH/c1-4-7-10-13-16(14-15,11-8-5-2)12-9-6-3;/h4-14H2,1-3H3;1H/q+1;/p-1. The second-order valence-corrected chi connectivity index (χ2v) is 5.55. The summed E-state index contributed by atoms with van der Waals surface area (Å²) in [5.74, 6) is 0. The van der Waals surface area contributed by atoms with E-state index in [2.05, 4.69) is 36.7 Å². The lowest BCUT2D eigenvalue weighted by Crippen LogP contribution is -3.00. The van der Waals surface area contributed by atoms with Crippen molar-refractivity contribution in [2.45, 2.75) is 65.7 Å². The van der Waals surface area contributed by atoms with Crippen molar-refractivity contribution in [2.75, 3.05) is 25.1 Å². The van der Waals surface area contributed by atoms with Gasteiger partial charge in [-0.05, 0) is 41.6 Å². The van der Waals surface area contributed by atoms with E-state index < -0.39 is 0 Å². The Balaban J connectivity index is 0. The third-order valence-electron chi connectivity index (χ3n) is 3.46. The Morgan fingerprint density at radius 2 is 1.12 bits per heavy atom. The highest BCUT2D eigenvalue weighted by Gasteiger charge is 2.23. The van der Waals surface area contributed by atoms with Gasteiger partial charge in [0, 0.05) is 0 Å². The summed E-state index contributed by atoms with van der Waals surface area (Å²) in [6, 6.07) is 0. The van der Waals surface area contributed by atoms with Crippen molar-refractivity contribution in [2.24, 2.45) is 0 Å². The number of nitrogens with zero attached hydrogens (tertiary/aromatic N) is 1. The Labute approximate surface area is 128 Å². The molecule has 0 N–H and O–H groups in total. The number of hydrogen-bond donors (Lipinski definition) is 0. The molecule has 0 amide bonds. The van der Waals surface area contributed by atoms with Crippen LogP contribution in [-0.4, -0.2) is 29.6 Å². The summed E-state index contributed by atoms with van der Waals surface area (Å²) in [5.41, 5.74) is 1.15. The molecule has 0 unspecified atom stereocenters. The maximum absolute atomic E-state index is 3.76. The highest BCUT2D eigenvalue weighted by Crippen LogP contribution is 2.17. The van der Waals surface area contributed by atoms with Crippen LogP contribution in [0.5, 0.6) is 0 Å². The van der Waals surface area contributed by atoms with E-state index in [4.69, 9.17) is 0 Å². The normalized spacial score (nSPS) is 11.3. The molecule has 0 saturated carbocycles. The van der Waals surface area contributed by atoms with Crippen molar-refractivity contribution < 1.29 is 21.5 Å². The van der Waals surface area contributed by atoms with Crippen molar-refractivity contribution in [1.29, 1.82) is 0 Å². The smallest absolute Gasteiger partial charge is 0.134 e. The lowest BCUT2D eigenvalue weighted by atomic mass is 10.2. The van der Waals surface area contributed by atoms with Gasteiger partial charge in [-0.25, -0.2) is 0 Å². The topological polar surface area (TPSA) is 0 Å². The van der Waals surface area contributed by atoms with E-state index >= 15 is 0 Å². The highest BCUT2D eigenvalue weighted by molar-refractivity contribution is 9.09. The number of hydrogen-bond acceptors (Lipinski definition) is 0. The van der Waals surface area contributed by atoms with Crippen LogP contribution in [0.1, 0.15) is 65.7 Å². The van der Waals surface area contributed by atoms with Crippen LogP contribution in [0.4, 0.5) is 0 Å². The lowest BCUT2D eigenvalue weighted by Gasteiger charge is -2.37. The molecule has 0 aliphatic carbocycles. The molecule has 0 aliphatic heterocycles. The van der Waals surface area contributed by atoms with Gasteiger partial charge in [-0.15, -0.1) is 0 Å². The van der Waals surface area contributed by atoms with Gasteiger partial charge in [-0.1, -0.05) is 40.0 Å². The molecule has 0 heterocycles. The fourth-order valence-electron chi connectivity index (χ4n) is 2.20. The Hall–Kier alpha value is 0.920. The van der Waals surface area contributed by atoms with Gasteiger partial charge >= 0.3 is 0 Å². The molecule has 0 spiro atoms. The minimum atomic E-state index is 0. The second-order valence-electron chi connectivity index (χ2n) is 5.05. The van der Waals surface area contributed by atoms with E-state index in [1.807, 2.05) is 0 Å². The highest BCUT2D eigenvalue weighted by atomic mass is 79.9. The Kier molecular flexibility index (Phi) is 15.9. The van der Waals surface area contributed by atoms with E-state index in [9.17, 15) is 0 Å². The number of halogens is 2. The molecule has 0 saturated heterocycles. The number of alkyl halides is 1. The average Bonchev–Trinajstić information content (AvgIpc) is 2.32. The SMILES string of the molecule is CCCCC[N+](CBr)(CCCC)CCCC.[Br-]. The lowest BCUT2D eigenvalue weighted by molar-refractivity contribution is -0.915. The van der Waals surface area contributed by atoms with Crippen LogP contribution >= 0.6 is 15.9 Å². The molecule has 0 aromatic rings. The Bertz CT molecular complexity index is 143. The van der Waals surface area contributed by atoms with Gasteiger partial charge < -0.3 is 21.5 Å². The maximum atomic E-state index is 3.76. The van der Waals surface area contributed by atoms with Gasteiger partial charge in [-0.3, -0.25) is 0 Å². The van der Waals surface area contributed by atoms with Crippen molar-refractivity contribution in [3.8, 4) is 0 Å². The van der Waals surface area contributed by atoms with Crippen LogP contribution in [0, 0.1) is 0 Å². The van der Waals surface area contributed by atoms with Gasteiger partial charge in [0.25, 0.3) is 0 Å². The maximum Gasteiger partial charge on any atom is 0.134 e. The zero-order chi connectivity index (χ0) is 12.3. The fourth-order valence-corrected chi connectivity index (χ4v) is 2.95. The summed E-state index contributed by atoms with van der Waals surface area (Å²) >= 11 is 3.76. The first-order chi connectivity index (χ1) is 7.74. The molecule has 0 bridgehead atoms. The number of unbranched alkanes of at least 4 members (excludes halogenated alkanes) is 4. The molecule has 0 fully saturated rings. The predicted octanol–water partition coefficient (Wildman–Crippen LogP) is 1.95. The van der Waals surface area contributed by atoms with Crippen molar-refractivity contribution in [3.63, 3.8) is 0 Å².